The van der Waals surface area contributed by atoms with E-state index in [4.69, 9.17) is 19.1 Å². The lowest BCUT2D eigenvalue weighted by Crippen LogP contribution is -2.23. The Kier molecular flexibility index (Phi) is 2.68. The minimum Gasteiger partial charge on any atom is -0.120 e. The first-order chi connectivity index (χ1) is 4.77. The van der Waals surface area contributed by atoms with Crippen LogP contribution in [0.4, 0.5) is 0 Å². The van der Waals surface area contributed by atoms with Crippen molar-refractivity contribution < 1.29 is 0 Å². The van der Waals surface area contributed by atoms with Crippen molar-refractivity contribution in [1.82, 2.24) is 0 Å². The summed E-state index contributed by atoms with van der Waals surface area (Å²) in [5.41, 5.74) is 0. The molecule has 0 spiro atoms. The summed E-state index contributed by atoms with van der Waals surface area (Å²) in [4.78, 5) is 0. The Morgan fingerprint density at radius 3 is 2.40 bits per heavy atom. The van der Waals surface area contributed by atoms with E-state index in [1.54, 1.807) is 0 Å². The molecular formula is C9H13S. The largest absolute Gasteiger partial charge is 0.120 e. The summed E-state index contributed by atoms with van der Waals surface area (Å²) in [5, 5.41) is 0. The van der Waals surface area contributed by atoms with Crippen LogP contribution in [0.15, 0.2) is 0 Å². The Hall–Kier alpha value is -0.0900. The van der Waals surface area contributed by atoms with Gasteiger partial charge in [0, 0.05) is 11.2 Å². The molecule has 0 atom stereocenters. The van der Waals surface area contributed by atoms with E-state index in [-0.39, 0.29) is 4.75 Å². The first-order valence-electron chi connectivity index (χ1n) is 3.91. The number of terminal acetylenes is 1. The monoisotopic (exact) mass is 153 g/mol. The van der Waals surface area contributed by atoms with E-state index < -0.39 is 0 Å². The highest BCUT2D eigenvalue weighted by atomic mass is 32.1. The molecule has 0 unspecified atom stereocenters. The van der Waals surface area contributed by atoms with Gasteiger partial charge < -0.3 is 0 Å². The number of hydrogen-bond acceptors (Lipinski definition) is 0. The molecule has 10 heavy (non-hydrogen) atoms. The zero-order chi connectivity index (χ0) is 7.45. The molecule has 1 fully saturated rings. The minimum atomic E-state index is 0.0764. The zero-order valence-corrected chi connectivity index (χ0v) is 7.04. The van der Waals surface area contributed by atoms with E-state index in [1.807, 2.05) is 0 Å². The Labute approximate surface area is 68.8 Å². The molecule has 0 saturated heterocycles. The van der Waals surface area contributed by atoms with Crippen molar-refractivity contribution >= 4 is 12.6 Å². The highest BCUT2D eigenvalue weighted by Gasteiger charge is 2.27. The fraction of sp³-hybridized carbons (Fsp3) is 0.778. The van der Waals surface area contributed by atoms with Crippen molar-refractivity contribution in [2.45, 2.75) is 43.3 Å². The summed E-state index contributed by atoms with van der Waals surface area (Å²) < 4.78 is 0.0764. The standard InChI is InChI=1S/C9H13S/c1-2-6-9(10)7-4-3-5-8-9/h1H,3-8H2. The third-order valence-corrected chi connectivity index (χ3v) is 2.74. The molecule has 1 aliphatic rings. The highest BCUT2D eigenvalue weighted by Crippen LogP contribution is 2.35. The van der Waals surface area contributed by atoms with E-state index in [0.717, 1.165) is 19.3 Å². The van der Waals surface area contributed by atoms with Crippen LogP contribution < -0.4 is 0 Å². The van der Waals surface area contributed by atoms with Crippen molar-refractivity contribution in [3.63, 3.8) is 0 Å². The molecule has 0 aromatic carbocycles. The van der Waals surface area contributed by atoms with Crippen molar-refractivity contribution in [3.8, 4) is 12.3 Å². The molecule has 1 radical (unpaired) electrons. The fourth-order valence-electron chi connectivity index (χ4n) is 1.56. The maximum absolute atomic E-state index is 5.41. The predicted molar refractivity (Wildman–Crippen MR) is 46.9 cm³/mol. The Morgan fingerprint density at radius 1 is 1.30 bits per heavy atom. The summed E-state index contributed by atoms with van der Waals surface area (Å²) in [5.74, 6) is 2.67. The molecule has 1 heteroatoms. The molecule has 0 heterocycles. The Morgan fingerprint density at radius 2 is 1.90 bits per heavy atom. The first kappa shape index (κ1) is 8.01. The summed E-state index contributed by atoms with van der Waals surface area (Å²) in [6, 6.07) is 0. The number of hydrogen-bond donors (Lipinski definition) is 0. The zero-order valence-electron chi connectivity index (χ0n) is 6.23. The normalized spacial score (nSPS) is 23.6. The molecule has 0 aromatic heterocycles. The van der Waals surface area contributed by atoms with Crippen molar-refractivity contribution in [3.05, 3.63) is 0 Å². The molecule has 0 N–H and O–H groups in total. The predicted octanol–water partition coefficient (Wildman–Crippen LogP) is 2.91. The Bertz CT molecular complexity index is 137. The SMILES string of the molecule is C#CCC1([S])CCCCC1. The average molecular weight is 153 g/mol. The van der Waals surface area contributed by atoms with E-state index in [1.165, 1.54) is 19.3 Å². The van der Waals surface area contributed by atoms with Crippen molar-refractivity contribution in [2.75, 3.05) is 0 Å². The van der Waals surface area contributed by atoms with Gasteiger partial charge in [0.25, 0.3) is 0 Å². The molecule has 0 aromatic rings. The lowest BCUT2D eigenvalue weighted by Gasteiger charge is -2.29. The van der Waals surface area contributed by atoms with Crippen molar-refractivity contribution in [1.29, 1.82) is 0 Å². The summed E-state index contributed by atoms with van der Waals surface area (Å²) in [6.07, 6.45) is 12.3. The van der Waals surface area contributed by atoms with E-state index in [0.29, 0.717) is 0 Å². The fourth-order valence-corrected chi connectivity index (χ4v) is 1.93. The van der Waals surface area contributed by atoms with Gasteiger partial charge in [-0.25, -0.2) is 0 Å². The van der Waals surface area contributed by atoms with Gasteiger partial charge in [-0.15, -0.1) is 12.3 Å². The van der Waals surface area contributed by atoms with E-state index >= 15 is 0 Å². The van der Waals surface area contributed by atoms with E-state index in [2.05, 4.69) is 5.92 Å². The second kappa shape index (κ2) is 3.34. The third kappa shape index (κ3) is 1.95. The molecule has 0 aliphatic heterocycles. The van der Waals surface area contributed by atoms with Crippen molar-refractivity contribution in [2.24, 2.45) is 0 Å². The summed E-state index contributed by atoms with van der Waals surface area (Å²) >= 11 is 5.41. The first-order valence-corrected chi connectivity index (χ1v) is 4.32. The van der Waals surface area contributed by atoms with Gasteiger partial charge in [0.2, 0.25) is 0 Å². The molecule has 1 rings (SSSR count). The second-order valence-corrected chi connectivity index (χ2v) is 3.99. The van der Waals surface area contributed by atoms with Gasteiger partial charge in [-0.3, -0.25) is 0 Å². The molecule has 0 bridgehead atoms. The Balaban J connectivity index is 2.42. The van der Waals surface area contributed by atoms with Crippen LogP contribution in [0, 0.1) is 12.3 Å². The maximum atomic E-state index is 5.41. The minimum absolute atomic E-state index is 0.0764. The maximum Gasteiger partial charge on any atom is 0.0372 e. The molecule has 0 nitrogen and oxygen atoms in total. The van der Waals surface area contributed by atoms with Gasteiger partial charge in [0.1, 0.15) is 0 Å². The third-order valence-electron chi connectivity index (χ3n) is 2.19. The van der Waals surface area contributed by atoms with Crippen LogP contribution in [0.5, 0.6) is 0 Å². The smallest absolute Gasteiger partial charge is 0.0372 e. The van der Waals surface area contributed by atoms with Crippen LogP contribution in [-0.2, 0) is 0 Å². The topological polar surface area (TPSA) is 0 Å². The van der Waals surface area contributed by atoms with Crippen LogP contribution in [-0.4, -0.2) is 4.75 Å². The van der Waals surface area contributed by atoms with Gasteiger partial charge >= 0.3 is 0 Å². The number of rotatable bonds is 1. The van der Waals surface area contributed by atoms with Crippen LogP contribution in [0.3, 0.4) is 0 Å². The average Bonchev–Trinajstić information content (AvgIpc) is 1.89. The second-order valence-electron chi connectivity index (χ2n) is 3.12. The molecule has 1 saturated carbocycles. The van der Waals surface area contributed by atoms with Crippen LogP contribution >= 0.6 is 12.6 Å². The summed E-state index contributed by atoms with van der Waals surface area (Å²) in [7, 11) is 0. The molecule has 55 valence electrons. The molecule has 0 amide bonds. The van der Waals surface area contributed by atoms with E-state index in [9.17, 15) is 0 Å². The lowest BCUT2D eigenvalue weighted by atomic mass is 9.86. The van der Waals surface area contributed by atoms with Gasteiger partial charge in [-0.2, -0.15) is 0 Å². The quantitative estimate of drug-likeness (QED) is 0.508. The molecular weight excluding hydrogens is 140 g/mol. The van der Waals surface area contributed by atoms with Crippen LogP contribution in [0.1, 0.15) is 38.5 Å². The van der Waals surface area contributed by atoms with Gasteiger partial charge in [-0.1, -0.05) is 31.9 Å². The van der Waals surface area contributed by atoms with Gasteiger partial charge in [0.15, 0.2) is 0 Å². The van der Waals surface area contributed by atoms with Crippen LogP contribution in [0.25, 0.3) is 0 Å². The lowest BCUT2D eigenvalue weighted by molar-refractivity contribution is 0.406. The van der Waals surface area contributed by atoms with Crippen LogP contribution in [0.2, 0.25) is 0 Å². The summed E-state index contributed by atoms with van der Waals surface area (Å²) in [6.45, 7) is 0. The van der Waals surface area contributed by atoms with Gasteiger partial charge in [-0.05, 0) is 12.8 Å². The van der Waals surface area contributed by atoms with Gasteiger partial charge in [0.05, 0.1) is 0 Å². The molecule has 1 aliphatic carbocycles. The highest BCUT2D eigenvalue weighted by molar-refractivity contribution is 7.81.